The number of hydrogen-bond donors (Lipinski definition) is 2. The Kier molecular flexibility index (Phi) is 3.36. The van der Waals surface area contributed by atoms with Gasteiger partial charge in [0.25, 0.3) is 0 Å². The van der Waals surface area contributed by atoms with Crippen LogP contribution < -0.4 is 5.32 Å². The number of nitrogens with one attached hydrogen (secondary N) is 1. The summed E-state index contributed by atoms with van der Waals surface area (Å²) < 4.78 is 4.84. The fraction of sp³-hybridized carbons (Fsp3) is 0.583. The molecule has 2 N–H and O–H groups in total. The van der Waals surface area contributed by atoms with E-state index in [4.69, 9.17) is 9.63 Å². The van der Waals surface area contributed by atoms with E-state index in [0.29, 0.717) is 24.4 Å². The van der Waals surface area contributed by atoms with Gasteiger partial charge < -0.3 is 14.9 Å². The van der Waals surface area contributed by atoms with Crippen molar-refractivity contribution in [1.29, 1.82) is 0 Å². The van der Waals surface area contributed by atoms with Gasteiger partial charge in [0.1, 0.15) is 5.76 Å². The Labute approximate surface area is 104 Å². The van der Waals surface area contributed by atoms with Crippen molar-refractivity contribution in [2.75, 3.05) is 5.32 Å². The monoisotopic (exact) mass is 252 g/mol. The molecule has 1 heterocycles. The Bertz CT molecular complexity index is 468. The molecule has 1 amide bonds. The Balaban J connectivity index is 2.06. The highest BCUT2D eigenvalue weighted by Crippen LogP contribution is 2.37. The van der Waals surface area contributed by atoms with Crippen LogP contribution in [-0.4, -0.2) is 22.1 Å². The van der Waals surface area contributed by atoms with E-state index in [9.17, 15) is 9.59 Å². The summed E-state index contributed by atoms with van der Waals surface area (Å²) in [5.41, 5.74) is 0. The summed E-state index contributed by atoms with van der Waals surface area (Å²) in [5.74, 6) is -1.11. The minimum Gasteiger partial charge on any atom is -0.481 e. The molecule has 3 atom stereocenters. The van der Waals surface area contributed by atoms with E-state index < -0.39 is 17.8 Å². The summed E-state index contributed by atoms with van der Waals surface area (Å²) in [6.45, 7) is 3.68. The predicted octanol–water partition coefficient (Wildman–Crippen LogP) is 1.67. The second kappa shape index (κ2) is 4.80. The number of aliphatic carboxylic acids is 1. The van der Waals surface area contributed by atoms with Gasteiger partial charge in [-0.05, 0) is 25.7 Å². The Morgan fingerprint density at radius 2 is 2.11 bits per heavy atom. The minimum absolute atomic E-state index is 0.251. The Morgan fingerprint density at radius 1 is 1.44 bits per heavy atom. The Hall–Kier alpha value is -1.85. The van der Waals surface area contributed by atoms with Crippen LogP contribution in [0.3, 0.4) is 0 Å². The molecule has 0 aliphatic heterocycles. The van der Waals surface area contributed by atoms with Crippen molar-refractivity contribution < 1.29 is 19.2 Å². The highest BCUT2D eigenvalue weighted by molar-refractivity contribution is 5.94. The van der Waals surface area contributed by atoms with E-state index in [1.807, 2.05) is 6.92 Å². The van der Waals surface area contributed by atoms with Crippen LogP contribution >= 0.6 is 0 Å². The molecule has 0 bridgehead atoms. The van der Waals surface area contributed by atoms with Gasteiger partial charge in [0, 0.05) is 6.07 Å². The molecule has 6 nitrogen and oxygen atoms in total. The van der Waals surface area contributed by atoms with Crippen LogP contribution in [0.1, 0.15) is 25.5 Å². The summed E-state index contributed by atoms with van der Waals surface area (Å²) >= 11 is 0. The molecule has 1 aromatic heterocycles. The third-order valence-electron chi connectivity index (χ3n) is 3.33. The number of amides is 1. The average Bonchev–Trinajstić information content (AvgIpc) is 2.85. The first-order valence-corrected chi connectivity index (χ1v) is 5.94. The van der Waals surface area contributed by atoms with E-state index in [1.54, 1.807) is 13.0 Å². The second-order valence-electron chi connectivity index (χ2n) is 4.94. The zero-order valence-corrected chi connectivity index (χ0v) is 10.3. The van der Waals surface area contributed by atoms with Crippen LogP contribution in [0.5, 0.6) is 0 Å². The van der Waals surface area contributed by atoms with E-state index in [0.717, 1.165) is 0 Å². The summed E-state index contributed by atoms with van der Waals surface area (Å²) in [7, 11) is 0. The number of rotatable bonds is 3. The lowest BCUT2D eigenvalue weighted by Crippen LogP contribution is -2.30. The van der Waals surface area contributed by atoms with Gasteiger partial charge in [-0.25, -0.2) is 0 Å². The molecule has 18 heavy (non-hydrogen) atoms. The van der Waals surface area contributed by atoms with Crippen molar-refractivity contribution in [1.82, 2.24) is 5.16 Å². The highest BCUT2D eigenvalue weighted by Gasteiger charge is 2.41. The molecule has 0 saturated heterocycles. The molecule has 1 aromatic rings. The molecule has 0 radical (unpaired) electrons. The molecule has 98 valence electrons. The lowest BCUT2D eigenvalue weighted by molar-refractivity contribution is -0.145. The lowest BCUT2D eigenvalue weighted by atomic mass is 9.95. The first-order valence-electron chi connectivity index (χ1n) is 5.94. The van der Waals surface area contributed by atoms with Gasteiger partial charge in [-0.3, -0.25) is 9.59 Å². The maximum atomic E-state index is 12.0. The van der Waals surface area contributed by atoms with Gasteiger partial charge in [0.05, 0.1) is 11.8 Å². The van der Waals surface area contributed by atoms with Gasteiger partial charge in [-0.2, -0.15) is 0 Å². The molecule has 6 heteroatoms. The molecule has 2 rings (SSSR count). The van der Waals surface area contributed by atoms with Crippen LogP contribution in [0.25, 0.3) is 0 Å². The number of hydrogen-bond acceptors (Lipinski definition) is 4. The largest absolute Gasteiger partial charge is 0.481 e. The van der Waals surface area contributed by atoms with Gasteiger partial charge >= 0.3 is 5.97 Å². The fourth-order valence-electron chi connectivity index (χ4n) is 2.50. The third-order valence-corrected chi connectivity index (χ3v) is 3.33. The van der Waals surface area contributed by atoms with E-state index >= 15 is 0 Å². The molecule has 1 saturated carbocycles. The van der Waals surface area contributed by atoms with Crippen molar-refractivity contribution >= 4 is 17.7 Å². The topological polar surface area (TPSA) is 92.4 Å². The van der Waals surface area contributed by atoms with Crippen LogP contribution in [0.2, 0.25) is 0 Å². The van der Waals surface area contributed by atoms with Crippen LogP contribution in [0.4, 0.5) is 5.82 Å². The standard InChI is InChI=1S/C12H16N2O4/c1-6-3-8(9(4-6)12(16)17)11(15)13-10-5-7(2)18-14-10/h5-6,8-9H,3-4H2,1-2H3,(H,16,17)(H,13,14,15)/t6?,8-,9+/m0/s1. The van der Waals surface area contributed by atoms with Crippen molar-refractivity contribution in [2.24, 2.45) is 17.8 Å². The molecular formula is C12H16N2O4. The molecule has 0 aromatic carbocycles. The van der Waals surface area contributed by atoms with Crippen molar-refractivity contribution in [3.63, 3.8) is 0 Å². The van der Waals surface area contributed by atoms with E-state index in [1.165, 1.54) is 0 Å². The zero-order valence-electron chi connectivity index (χ0n) is 10.3. The molecule has 1 aliphatic rings. The van der Waals surface area contributed by atoms with Gasteiger partial charge in [-0.1, -0.05) is 12.1 Å². The smallest absolute Gasteiger partial charge is 0.307 e. The minimum atomic E-state index is -0.907. The quantitative estimate of drug-likeness (QED) is 0.853. The molecule has 1 unspecified atom stereocenters. The third kappa shape index (κ3) is 2.52. The maximum Gasteiger partial charge on any atom is 0.307 e. The van der Waals surface area contributed by atoms with Crippen LogP contribution in [0, 0.1) is 24.7 Å². The van der Waals surface area contributed by atoms with Gasteiger partial charge in [-0.15, -0.1) is 0 Å². The number of carboxylic acid groups (broad SMARTS) is 1. The Morgan fingerprint density at radius 3 is 2.67 bits per heavy atom. The van der Waals surface area contributed by atoms with E-state index in [-0.39, 0.29) is 11.8 Å². The molecule has 0 spiro atoms. The van der Waals surface area contributed by atoms with Crippen molar-refractivity contribution in [3.8, 4) is 0 Å². The molecule has 1 aliphatic carbocycles. The number of aryl methyl sites for hydroxylation is 1. The first-order chi connectivity index (χ1) is 8.47. The van der Waals surface area contributed by atoms with Crippen LogP contribution in [0.15, 0.2) is 10.6 Å². The zero-order chi connectivity index (χ0) is 13.3. The van der Waals surface area contributed by atoms with Crippen molar-refractivity contribution in [2.45, 2.75) is 26.7 Å². The highest BCUT2D eigenvalue weighted by atomic mass is 16.5. The molecular weight excluding hydrogens is 236 g/mol. The normalized spacial score (nSPS) is 27.1. The number of carbonyl (C=O) groups excluding carboxylic acids is 1. The molecule has 1 fully saturated rings. The number of nitrogens with zero attached hydrogens (tertiary/aromatic N) is 1. The summed E-state index contributed by atoms with van der Waals surface area (Å²) in [6, 6.07) is 1.60. The van der Waals surface area contributed by atoms with E-state index in [2.05, 4.69) is 10.5 Å². The summed E-state index contributed by atoms with van der Waals surface area (Å²) in [4.78, 5) is 23.1. The lowest BCUT2D eigenvalue weighted by Gasteiger charge is -2.13. The van der Waals surface area contributed by atoms with Crippen LogP contribution in [-0.2, 0) is 9.59 Å². The first kappa shape index (κ1) is 12.6. The van der Waals surface area contributed by atoms with Gasteiger partial charge in [0.15, 0.2) is 5.82 Å². The maximum absolute atomic E-state index is 12.0. The number of aromatic nitrogens is 1. The summed E-state index contributed by atoms with van der Waals surface area (Å²) in [5, 5.41) is 15.4. The average molecular weight is 252 g/mol. The number of carbonyl (C=O) groups is 2. The number of anilines is 1. The SMILES string of the molecule is Cc1cc(NC(=O)[C@H]2CC(C)C[C@H]2C(=O)O)no1. The summed E-state index contributed by atoms with van der Waals surface area (Å²) in [6.07, 6.45) is 1.14. The number of carboxylic acids is 1. The second-order valence-corrected chi connectivity index (χ2v) is 4.94. The van der Waals surface area contributed by atoms with Gasteiger partial charge in [0.2, 0.25) is 5.91 Å². The fourth-order valence-corrected chi connectivity index (χ4v) is 2.50. The van der Waals surface area contributed by atoms with Crippen molar-refractivity contribution in [3.05, 3.63) is 11.8 Å². The predicted molar refractivity (Wildman–Crippen MR) is 62.9 cm³/mol.